The number of nitrogens with zero attached hydrogens (tertiary/aromatic N) is 1. The van der Waals surface area contributed by atoms with E-state index in [2.05, 4.69) is 20.0 Å². The summed E-state index contributed by atoms with van der Waals surface area (Å²) in [6, 6.07) is 16.3. The lowest BCUT2D eigenvalue weighted by Gasteiger charge is -2.24. The normalized spacial score (nSPS) is 17.9. The van der Waals surface area contributed by atoms with Gasteiger partial charge in [0.05, 0.1) is 7.05 Å². The third kappa shape index (κ3) is 3.57. The van der Waals surface area contributed by atoms with Gasteiger partial charge in [0.2, 0.25) is 0 Å². The van der Waals surface area contributed by atoms with Crippen LogP contribution >= 0.6 is 11.6 Å². The number of carbonyl (C=O) groups is 1. The number of quaternary nitrogens is 1. The fourth-order valence-corrected chi connectivity index (χ4v) is 3.43. The molecular weight excluding hydrogens is 308 g/mol. The predicted octanol–water partition coefficient (Wildman–Crippen LogP) is 2.33. The summed E-state index contributed by atoms with van der Waals surface area (Å²) in [4.78, 5) is 15.9. The second-order valence-electron chi connectivity index (χ2n) is 6.38. The number of anilines is 1. The molecule has 0 saturated heterocycles. The van der Waals surface area contributed by atoms with E-state index in [1.54, 1.807) is 0 Å². The monoisotopic (exact) mass is 329 g/mol. The summed E-state index contributed by atoms with van der Waals surface area (Å²) in [5, 5.41) is 0.741. The van der Waals surface area contributed by atoms with Crippen molar-refractivity contribution in [2.24, 2.45) is 0 Å². The van der Waals surface area contributed by atoms with Crippen LogP contribution < -0.4 is 9.80 Å². The van der Waals surface area contributed by atoms with Crippen LogP contribution in [0.2, 0.25) is 5.02 Å². The summed E-state index contributed by atoms with van der Waals surface area (Å²) in [6.45, 7) is 3.42. The van der Waals surface area contributed by atoms with Gasteiger partial charge in [-0.2, -0.15) is 0 Å². The molecule has 120 valence electrons. The Labute approximate surface area is 142 Å². The topological polar surface area (TPSA) is 24.8 Å². The van der Waals surface area contributed by atoms with E-state index in [1.807, 2.05) is 47.4 Å². The number of fused-ring (bicyclic) bond motifs is 1. The molecule has 2 aromatic rings. The number of halogens is 1. The molecule has 1 aliphatic heterocycles. The molecule has 0 aromatic heterocycles. The standard InChI is InChI=1S/C19H21ClN2O/c1-14-11-16-5-3-4-6-18(16)22(14)19(23)13-21(2)12-15-7-9-17(20)10-8-15/h3-10,14H,11-13H2,1-2H3/p+1/t14-/m0/s1. The van der Waals surface area contributed by atoms with Gasteiger partial charge in [-0.15, -0.1) is 0 Å². The molecule has 0 radical (unpaired) electrons. The van der Waals surface area contributed by atoms with Gasteiger partial charge in [0.25, 0.3) is 5.91 Å². The minimum Gasteiger partial charge on any atom is -0.326 e. The first-order valence-electron chi connectivity index (χ1n) is 8.00. The summed E-state index contributed by atoms with van der Waals surface area (Å²) in [7, 11) is 2.05. The van der Waals surface area contributed by atoms with Gasteiger partial charge in [-0.25, -0.2) is 0 Å². The zero-order valence-corrected chi connectivity index (χ0v) is 14.3. The molecule has 0 saturated carbocycles. The van der Waals surface area contributed by atoms with Crippen LogP contribution in [0.5, 0.6) is 0 Å². The molecule has 0 spiro atoms. The van der Waals surface area contributed by atoms with Crippen LogP contribution in [-0.4, -0.2) is 25.5 Å². The van der Waals surface area contributed by atoms with Gasteiger partial charge in [-0.3, -0.25) is 4.79 Å². The van der Waals surface area contributed by atoms with Crippen molar-refractivity contribution in [2.45, 2.75) is 25.9 Å². The summed E-state index contributed by atoms with van der Waals surface area (Å²) >= 11 is 5.91. The van der Waals surface area contributed by atoms with Gasteiger partial charge < -0.3 is 9.80 Å². The van der Waals surface area contributed by atoms with Crippen molar-refractivity contribution in [2.75, 3.05) is 18.5 Å². The van der Waals surface area contributed by atoms with E-state index in [0.29, 0.717) is 6.54 Å². The third-order valence-electron chi connectivity index (χ3n) is 4.35. The molecular formula is C19H22ClN2O+. The van der Waals surface area contributed by atoms with Gasteiger partial charge in [-0.1, -0.05) is 41.9 Å². The smallest absolute Gasteiger partial charge is 0.282 e. The number of para-hydroxylation sites is 1. The maximum Gasteiger partial charge on any atom is 0.282 e. The first kappa shape index (κ1) is 16.0. The van der Waals surface area contributed by atoms with Crippen LogP contribution in [0.25, 0.3) is 0 Å². The Morgan fingerprint density at radius 3 is 2.65 bits per heavy atom. The van der Waals surface area contributed by atoms with Crippen molar-refractivity contribution in [3.63, 3.8) is 0 Å². The van der Waals surface area contributed by atoms with Crippen LogP contribution in [0.1, 0.15) is 18.1 Å². The highest BCUT2D eigenvalue weighted by molar-refractivity contribution is 6.30. The van der Waals surface area contributed by atoms with Crippen molar-refractivity contribution < 1.29 is 9.69 Å². The number of nitrogens with one attached hydrogen (secondary N) is 1. The lowest BCUT2D eigenvalue weighted by molar-refractivity contribution is -0.885. The Balaban J connectivity index is 1.66. The molecule has 3 nitrogen and oxygen atoms in total. The number of carbonyl (C=O) groups excluding carboxylic acids is 1. The van der Waals surface area contributed by atoms with Gasteiger partial charge >= 0.3 is 0 Å². The average molecular weight is 330 g/mol. The maximum atomic E-state index is 12.8. The highest BCUT2D eigenvalue weighted by Crippen LogP contribution is 2.31. The summed E-state index contributed by atoms with van der Waals surface area (Å²) in [6.07, 6.45) is 0.943. The Bertz CT molecular complexity index is 699. The highest BCUT2D eigenvalue weighted by atomic mass is 35.5. The molecule has 0 bridgehead atoms. The maximum absolute atomic E-state index is 12.8. The van der Waals surface area contributed by atoms with Crippen molar-refractivity contribution in [1.29, 1.82) is 0 Å². The van der Waals surface area contributed by atoms with Crippen molar-refractivity contribution >= 4 is 23.2 Å². The fraction of sp³-hybridized carbons (Fsp3) is 0.316. The number of hydrogen-bond acceptors (Lipinski definition) is 1. The number of rotatable bonds is 4. The quantitative estimate of drug-likeness (QED) is 0.915. The molecule has 1 unspecified atom stereocenters. The minimum atomic E-state index is 0.189. The first-order valence-corrected chi connectivity index (χ1v) is 8.38. The van der Waals surface area contributed by atoms with Gasteiger partial charge in [0.15, 0.2) is 6.54 Å². The molecule has 1 heterocycles. The zero-order chi connectivity index (χ0) is 16.4. The molecule has 4 heteroatoms. The van der Waals surface area contributed by atoms with E-state index < -0.39 is 0 Å². The summed E-state index contributed by atoms with van der Waals surface area (Å²) in [5.74, 6) is 0.189. The Hall–Kier alpha value is -1.84. The second-order valence-corrected chi connectivity index (χ2v) is 6.82. The van der Waals surface area contributed by atoms with Gasteiger partial charge in [0, 0.05) is 22.3 Å². The molecule has 1 N–H and O–H groups in total. The van der Waals surface area contributed by atoms with Gasteiger partial charge in [0.1, 0.15) is 6.54 Å². The number of hydrogen-bond donors (Lipinski definition) is 1. The zero-order valence-electron chi connectivity index (χ0n) is 13.6. The van der Waals surface area contributed by atoms with E-state index in [4.69, 9.17) is 11.6 Å². The van der Waals surface area contributed by atoms with Crippen LogP contribution in [0.15, 0.2) is 48.5 Å². The van der Waals surface area contributed by atoms with Crippen LogP contribution in [0.3, 0.4) is 0 Å². The second kappa shape index (κ2) is 6.73. The van der Waals surface area contributed by atoms with Gasteiger partial charge in [-0.05, 0) is 37.1 Å². The van der Waals surface area contributed by atoms with Crippen molar-refractivity contribution in [3.05, 3.63) is 64.7 Å². The summed E-state index contributed by atoms with van der Waals surface area (Å²) < 4.78 is 0. The van der Waals surface area contributed by atoms with E-state index in [-0.39, 0.29) is 11.9 Å². The Morgan fingerprint density at radius 1 is 1.22 bits per heavy atom. The number of likely N-dealkylation sites (N-methyl/N-ethyl adjacent to an activating group) is 1. The molecule has 3 rings (SSSR count). The Kier molecular flexibility index (Phi) is 4.69. The van der Waals surface area contributed by atoms with E-state index in [9.17, 15) is 4.79 Å². The minimum absolute atomic E-state index is 0.189. The van der Waals surface area contributed by atoms with Crippen LogP contribution in [0.4, 0.5) is 5.69 Å². The average Bonchev–Trinajstić information content (AvgIpc) is 2.85. The third-order valence-corrected chi connectivity index (χ3v) is 4.60. The van der Waals surface area contributed by atoms with Crippen molar-refractivity contribution in [3.8, 4) is 0 Å². The molecule has 0 aliphatic carbocycles. The van der Waals surface area contributed by atoms with Crippen LogP contribution in [0, 0.1) is 0 Å². The molecule has 1 amide bonds. The lowest BCUT2D eigenvalue weighted by atomic mass is 10.1. The lowest BCUT2D eigenvalue weighted by Crippen LogP contribution is -3.09. The van der Waals surface area contributed by atoms with E-state index in [0.717, 1.165) is 23.7 Å². The van der Waals surface area contributed by atoms with E-state index >= 15 is 0 Å². The molecule has 2 aromatic carbocycles. The highest BCUT2D eigenvalue weighted by Gasteiger charge is 2.31. The molecule has 1 aliphatic rings. The Morgan fingerprint density at radius 2 is 1.91 bits per heavy atom. The molecule has 0 fully saturated rings. The first-order chi connectivity index (χ1) is 11.0. The predicted molar refractivity (Wildman–Crippen MR) is 94.0 cm³/mol. The fourth-order valence-electron chi connectivity index (χ4n) is 3.30. The molecule has 2 atom stereocenters. The van der Waals surface area contributed by atoms with Crippen LogP contribution in [-0.2, 0) is 17.8 Å². The molecule has 23 heavy (non-hydrogen) atoms. The summed E-state index contributed by atoms with van der Waals surface area (Å²) in [5.41, 5.74) is 3.53. The largest absolute Gasteiger partial charge is 0.326 e. The SMILES string of the molecule is C[C@H]1Cc2ccccc2N1C(=O)C[NH+](C)Cc1ccc(Cl)cc1. The number of benzene rings is 2. The number of amides is 1. The van der Waals surface area contributed by atoms with Crippen molar-refractivity contribution in [1.82, 2.24) is 0 Å². The van der Waals surface area contributed by atoms with E-state index in [1.165, 1.54) is 16.0 Å².